The standard InChI is InChI=1S/C25H25F2N3O4/c1-14-11-17(8-10-19(14)26)23(31)28-21(25(32)33)13-15-7-9-18(20(27)12-15)22-29-24(34-30-22)16-5-3-2-4-6-16/h7-12,16,21H,2-6,13H2,1H3,(H,28,31)(H,32,33). The second-order valence-corrected chi connectivity index (χ2v) is 8.64. The Morgan fingerprint density at radius 1 is 1.12 bits per heavy atom. The number of carbonyl (C=O) groups excluding carboxylic acids is 1. The molecule has 0 radical (unpaired) electrons. The van der Waals surface area contributed by atoms with Crippen LogP contribution in [0.1, 0.15) is 65.4 Å². The fourth-order valence-electron chi connectivity index (χ4n) is 4.19. The Morgan fingerprint density at radius 2 is 1.88 bits per heavy atom. The summed E-state index contributed by atoms with van der Waals surface area (Å²) in [5.74, 6) is -2.14. The number of benzene rings is 2. The number of hydrogen-bond acceptors (Lipinski definition) is 5. The first-order valence-electron chi connectivity index (χ1n) is 11.2. The van der Waals surface area contributed by atoms with Gasteiger partial charge in [-0.25, -0.2) is 13.6 Å². The first-order valence-corrected chi connectivity index (χ1v) is 11.2. The zero-order valence-corrected chi connectivity index (χ0v) is 18.7. The maximum absolute atomic E-state index is 14.9. The molecule has 2 N–H and O–H groups in total. The highest BCUT2D eigenvalue weighted by Gasteiger charge is 2.24. The van der Waals surface area contributed by atoms with Gasteiger partial charge in [0.15, 0.2) is 0 Å². The molecular weight excluding hydrogens is 444 g/mol. The maximum Gasteiger partial charge on any atom is 0.326 e. The van der Waals surface area contributed by atoms with E-state index >= 15 is 0 Å². The Hall–Kier alpha value is -3.62. The lowest BCUT2D eigenvalue weighted by Gasteiger charge is -2.17. The van der Waals surface area contributed by atoms with Crippen LogP contribution < -0.4 is 5.32 Å². The summed E-state index contributed by atoms with van der Waals surface area (Å²) in [6.07, 6.45) is 5.21. The minimum atomic E-state index is -1.30. The van der Waals surface area contributed by atoms with Gasteiger partial charge in [-0.05, 0) is 61.2 Å². The normalized spacial score (nSPS) is 15.1. The third kappa shape index (κ3) is 5.30. The number of nitrogens with one attached hydrogen (secondary N) is 1. The summed E-state index contributed by atoms with van der Waals surface area (Å²) in [6, 6.07) is 6.71. The lowest BCUT2D eigenvalue weighted by Crippen LogP contribution is -2.42. The van der Waals surface area contributed by atoms with Crippen molar-refractivity contribution in [3.63, 3.8) is 0 Å². The molecule has 1 saturated carbocycles. The molecule has 1 heterocycles. The number of carbonyl (C=O) groups is 2. The average molecular weight is 469 g/mol. The summed E-state index contributed by atoms with van der Waals surface area (Å²) < 4.78 is 33.7. The van der Waals surface area contributed by atoms with Crippen molar-refractivity contribution < 1.29 is 28.0 Å². The van der Waals surface area contributed by atoms with Crippen molar-refractivity contribution in [2.24, 2.45) is 0 Å². The van der Waals surface area contributed by atoms with Crippen LogP contribution in [0.2, 0.25) is 0 Å². The number of nitrogens with zero attached hydrogens (tertiary/aromatic N) is 2. The van der Waals surface area contributed by atoms with Crippen LogP contribution in [0.3, 0.4) is 0 Å². The van der Waals surface area contributed by atoms with Gasteiger partial charge in [-0.1, -0.05) is 30.5 Å². The van der Waals surface area contributed by atoms with Gasteiger partial charge in [0.1, 0.15) is 17.7 Å². The van der Waals surface area contributed by atoms with Crippen molar-refractivity contribution in [1.29, 1.82) is 0 Å². The Morgan fingerprint density at radius 3 is 2.56 bits per heavy atom. The van der Waals surface area contributed by atoms with Gasteiger partial charge in [-0.2, -0.15) is 4.98 Å². The van der Waals surface area contributed by atoms with E-state index in [1.54, 1.807) is 6.07 Å². The molecule has 1 unspecified atom stereocenters. The second-order valence-electron chi connectivity index (χ2n) is 8.64. The van der Waals surface area contributed by atoms with Crippen LogP contribution in [0.25, 0.3) is 11.4 Å². The Kier molecular flexibility index (Phi) is 7.00. The highest BCUT2D eigenvalue weighted by molar-refractivity contribution is 5.96. The predicted octanol–water partition coefficient (Wildman–Crippen LogP) is 4.80. The number of carboxylic acid groups (broad SMARTS) is 1. The average Bonchev–Trinajstić information content (AvgIpc) is 3.31. The number of aromatic nitrogens is 2. The molecule has 178 valence electrons. The van der Waals surface area contributed by atoms with Gasteiger partial charge in [0.25, 0.3) is 5.91 Å². The molecule has 2 aromatic carbocycles. The molecule has 1 fully saturated rings. The zero-order valence-electron chi connectivity index (χ0n) is 18.7. The molecule has 1 aliphatic rings. The van der Waals surface area contributed by atoms with E-state index in [2.05, 4.69) is 15.5 Å². The summed E-state index contributed by atoms with van der Waals surface area (Å²) in [5.41, 5.74) is 0.940. The minimum Gasteiger partial charge on any atom is -0.480 e. The van der Waals surface area contributed by atoms with Crippen molar-refractivity contribution in [2.75, 3.05) is 0 Å². The molecule has 3 aromatic rings. The van der Waals surface area contributed by atoms with Crippen LogP contribution in [-0.4, -0.2) is 33.2 Å². The molecule has 0 spiro atoms. The number of aryl methyl sites for hydroxylation is 1. The lowest BCUT2D eigenvalue weighted by atomic mass is 9.89. The van der Waals surface area contributed by atoms with E-state index in [1.807, 2.05) is 0 Å². The van der Waals surface area contributed by atoms with Gasteiger partial charge < -0.3 is 14.9 Å². The van der Waals surface area contributed by atoms with Crippen LogP contribution in [0.5, 0.6) is 0 Å². The monoisotopic (exact) mass is 469 g/mol. The molecule has 4 rings (SSSR count). The van der Waals surface area contributed by atoms with Crippen molar-refractivity contribution in [3.05, 3.63) is 70.6 Å². The Bertz CT molecular complexity index is 1200. The minimum absolute atomic E-state index is 0.137. The van der Waals surface area contributed by atoms with Crippen LogP contribution in [0.4, 0.5) is 8.78 Å². The van der Waals surface area contributed by atoms with Crippen LogP contribution >= 0.6 is 0 Å². The summed E-state index contributed by atoms with van der Waals surface area (Å²) in [7, 11) is 0. The molecule has 0 aliphatic heterocycles. The summed E-state index contributed by atoms with van der Waals surface area (Å²) in [5, 5.41) is 15.9. The maximum atomic E-state index is 14.9. The van der Waals surface area contributed by atoms with E-state index in [-0.39, 0.29) is 34.9 Å². The van der Waals surface area contributed by atoms with Crippen LogP contribution in [0, 0.1) is 18.6 Å². The SMILES string of the molecule is Cc1cc(C(=O)NC(Cc2ccc(-c3noc(C4CCCCC4)n3)c(F)c2)C(=O)O)ccc1F. The molecule has 1 amide bonds. The number of hydrogen-bond donors (Lipinski definition) is 2. The van der Waals surface area contributed by atoms with Crippen molar-refractivity contribution in [3.8, 4) is 11.4 Å². The smallest absolute Gasteiger partial charge is 0.326 e. The molecule has 0 bridgehead atoms. The van der Waals surface area contributed by atoms with Gasteiger partial charge in [-0.15, -0.1) is 0 Å². The van der Waals surface area contributed by atoms with E-state index < -0.39 is 29.6 Å². The van der Waals surface area contributed by atoms with E-state index in [4.69, 9.17) is 4.52 Å². The largest absolute Gasteiger partial charge is 0.480 e. The topological polar surface area (TPSA) is 105 Å². The summed E-state index contributed by atoms with van der Waals surface area (Å²) in [6.45, 7) is 1.51. The number of halogens is 2. The van der Waals surface area contributed by atoms with Gasteiger partial charge in [0.2, 0.25) is 11.7 Å². The van der Waals surface area contributed by atoms with Gasteiger partial charge >= 0.3 is 5.97 Å². The lowest BCUT2D eigenvalue weighted by molar-refractivity contribution is -0.139. The molecule has 34 heavy (non-hydrogen) atoms. The molecule has 7 nitrogen and oxygen atoms in total. The fourth-order valence-corrected chi connectivity index (χ4v) is 4.19. The number of rotatable bonds is 7. The van der Waals surface area contributed by atoms with Crippen LogP contribution in [-0.2, 0) is 11.2 Å². The first-order chi connectivity index (χ1) is 16.3. The molecular formula is C25H25F2N3O4. The highest BCUT2D eigenvalue weighted by Crippen LogP contribution is 2.33. The van der Waals surface area contributed by atoms with Gasteiger partial charge in [-0.3, -0.25) is 4.79 Å². The third-order valence-electron chi connectivity index (χ3n) is 6.13. The Balaban J connectivity index is 1.46. The van der Waals surface area contributed by atoms with Crippen molar-refractivity contribution in [1.82, 2.24) is 15.5 Å². The summed E-state index contributed by atoms with van der Waals surface area (Å²) >= 11 is 0. The van der Waals surface area contributed by atoms with Crippen LogP contribution in [0.15, 0.2) is 40.9 Å². The molecule has 0 saturated heterocycles. The van der Waals surface area contributed by atoms with Crippen molar-refractivity contribution >= 4 is 11.9 Å². The van der Waals surface area contributed by atoms with E-state index in [1.165, 1.54) is 37.6 Å². The number of amides is 1. The molecule has 1 aromatic heterocycles. The van der Waals surface area contributed by atoms with Gasteiger partial charge in [0.05, 0.1) is 5.56 Å². The third-order valence-corrected chi connectivity index (χ3v) is 6.13. The predicted molar refractivity (Wildman–Crippen MR) is 119 cm³/mol. The Labute approximate surface area is 195 Å². The molecule has 1 aliphatic carbocycles. The highest BCUT2D eigenvalue weighted by atomic mass is 19.1. The fraction of sp³-hybridized carbons (Fsp3) is 0.360. The summed E-state index contributed by atoms with van der Waals surface area (Å²) in [4.78, 5) is 28.5. The van der Waals surface area contributed by atoms with E-state index in [0.29, 0.717) is 11.5 Å². The zero-order chi connectivity index (χ0) is 24.2. The van der Waals surface area contributed by atoms with E-state index in [9.17, 15) is 23.5 Å². The van der Waals surface area contributed by atoms with Crippen molar-refractivity contribution in [2.45, 2.75) is 57.4 Å². The second kappa shape index (κ2) is 10.1. The van der Waals surface area contributed by atoms with Gasteiger partial charge in [0, 0.05) is 17.9 Å². The molecule has 9 heteroatoms. The number of aliphatic carboxylic acids is 1. The number of carboxylic acids is 1. The first kappa shape index (κ1) is 23.5. The quantitative estimate of drug-likeness (QED) is 0.515. The van der Waals surface area contributed by atoms with E-state index in [0.717, 1.165) is 31.7 Å². The molecule has 1 atom stereocenters.